The molecule has 23 heavy (non-hydrogen) atoms. The van der Waals surface area contributed by atoms with Gasteiger partial charge in [-0.15, -0.1) is 0 Å². The van der Waals surface area contributed by atoms with Crippen LogP contribution in [-0.4, -0.2) is 35.1 Å². The number of aromatic nitrogens is 2. The van der Waals surface area contributed by atoms with Crippen molar-refractivity contribution in [2.45, 2.75) is 71.9 Å². The number of hydrogen-bond donors (Lipinski definition) is 2. The van der Waals surface area contributed by atoms with Crippen LogP contribution in [0.25, 0.3) is 0 Å². The lowest BCUT2D eigenvalue weighted by Crippen LogP contribution is -2.30. The van der Waals surface area contributed by atoms with Crippen LogP contribution >= 0.6 is 0 Å². The van der Waals surface area contributed by atoms with Crippen molar-refractivity contribution in [1.82, 2.24) is 15.1 Å². The van der Waals surface area contributed by atoms with Crippen LogP contribution in [0.4, 0.5) is 10.5 Å². The molecule has 2 rings (SSSR count). The van der Waals surface area contributed by atoms with Gasteiger partial charge in [0.05, 0.1) is 23.2 Å². The van der Waals surface area contributed by atoms with Crippen molar-refractivity contribution in [3.05, 3.63) is 11.4 Å². The van der Waals surface area contributed by atoms with Crippen LogP contribution in [0.5, 0.6) is 0 Å². The van der Waals surface area contributed by atoms with E-state index in [1.807, 2.05) is 25.5 Å². The fraction of sp³-hybridized carbons (Fsp3) is 0.765. The van der Waals surface area contributed by atoms with Gasteiger partial charge in [0.15, 0.2) is 0 Å². The molecule has 0 saturated heterocycles. The summed E-state index contributed by atoms with van der Waals surface area (Å²) in [5.41, 5.74) is 2.64. The number of ether oxygens (including phenoxy) is 1. The summed E-state index contributed by atoms with van der Waals surface area (Å²) in [7, 11) is 0. The predicted molar refractivity (Wildman–Crippen MR) is 91.8 cm³/mol. The molecule has 1 aromatic heterocycles. The summed E-state index contributed by atoms with van der Waals surface area (Å²) in [5, 5.41) is 10.2. The highest BCUT2D eigenvalue weighted by atomic mass is 16.5. The van der Waals surface area contributed by atoms with Crippen LogP contribution in [0, 0.1) is 13.8 Å². The van der Waals surface area contributed by atoms with Crippen LogP contribution in [0.2, 0.25) is 0 Å². The maximum Gasteiger partial charge on any atom is 0.319 e. The number of hydrogen-bond acceptors (Lipinski definition) is 3. The van der Waals surface area contributed by atoms with Gasteiger partial charge in [0.25, 0.3) is 0 Å². The van der Waals surface area contributed by atoms with Crippen LogP contribution < -0.4 is 10.6 Å². The zero-order chi connectivity index (χ0) is 16.7. The first-order valence-corrected chi connectivity index (χ1v) is 8.82. The van der Waals surface area contributed by atoms with Crippen molar-refractivity contribution in [2.24, 2.45) is 0 Å². The molecule has 0 aromatic carbocycles. The second-order valence-electron chi connectivity index (χ2n) is 6.23. The molecular formula is C17H30N4O2. The first kappa shape index (κ1) is 17.8. The Bertz CT molecular complexity index is 507. The molecular weight excluding hydrogens is 292 g/mol. The van der Waals surface area contributed by atoms with Crippen molar-refractivity contribution in [3.8, 4) is 0 Å². The van der Waals surface area contributed by atoms with Gasteiger partial charge in [-0.25, -0.2) is 4.79 Å². The Morgan fingerprint density at radius 1 is 1.30 bits per heavy atom. The van der Waals surface area contributed by atoms with Crippen molar-refractivity contribution in [2.75, 3.05) is 18.5 Å². The van der Waals surface area contributed by atoms with Gasteiger partial charge in [0.2, 0.25) is 0 Å². The Morgan fingerprint density at radius 3 is 2.70 bits per heavy atom. The molecule has 1 aromatic rings. The largest absolute Gasteiger partial charge is 0.378 e. The highest BCUT2D eigenvalue weighted by Crippen LogP contribution is 2.20. The smallest absolute Gasteiger partial charge is 0.319 e. The second-order valence-corrected chi connectivity index (χ2v) is 6.23. The third-order valence-corrected chi connectivity index (χ3v) is 4.43. The number of aryl methyl sites for hydroxylation is 2. The second kappa shape index (κ2) is 8.91. The van der Waals surface area contributed by atoms with Gasteiger partial charge >= 0.3 is 6.03 Å². The van der Waals surface area contributed by atoms with E-state index in [-0.39, 0.29) is 6.03 Å². The lowest BCUT2D eigenvalue weighted by molar-refractivity contribution is 0.0276. The zero-order valence-electron chi connectivity index (χ0n) is 14.7. The van der Waals surface area contributed by atoms with Gasteiger partial charge in [-0.1, -0.05) is 19.3 Å². The van der Waals surface area contributed by atoms with Gasteiger partial charge in [0, 0.05) is 19.7 Å². The third-order valence-electron chi connectivity index (χ3n) is 4.43. The van der Waals surface area contributed by atoms with Crippen molar-refractivity contribution < 1.29 is 9.53 Å². The number of carbonyl (C=O) groups is 1. The Morgan fingerprint density at radius 2 is 2.04 bits per heavy atom. The molecule has 1 aliphatic carbocycles. The van der Waals surface area contributed by atoms with E-state index in [4.69, 9.17) is 4.74 Å². The zero-order valence-corrected chi connectivity index (χ0v) is 14.7. The fourth-order valence-electron chi connectivity index (χ4n) is 3.10. The van der Waals surface area contributed by atoms with E-state index in [1.54, 1.807) is 0 Å². The lowest BCUT2D eigenvalue weighted by atomic mass is 9.98. The minimum atomic E-state index is -0.176. The van der Waals surface area contributed by atoms with Gasteiger partial charge in [-0.05, 0) is 40.0 Å². The number of amides is 2. The van der Waals surface area contributed by atoms with Crippen LogP contribution in [0.15, 0.2) is 0 Å². The molecule has 2 amide bonds. The molecule has 0 atom stereocenters. The molecule has 1 saturated carbocycles. The van der Waals surface area contributed by atoms with Crippen molar-refractivity contribution >= 4 is 11.7 Å². The summed E-state index contributed by atoms with van der Waals surface area (Å²) >= 11 is 0. The van der Waals surface area contributed by atoms with E-state index in [0.29, 0.717) is 12.6 Å². The highest BCUT2D eigenvalue weighted by Gasteiger charge is 2.14. The van der Waals surface area contributed by atoms with E-state index in [2.05, 4.69) is 15.7 Å². The molecule has 0 unspecified atom stereocenters. The number of nitrogens with zero attached hydrogens (tertiary/aromatic N) is 2. The minimum Gasteiger partial charge on any atom is -0.378 e. The Hall–Kier alpha value is -1.56. The fourth-order valence-corrected chi connectivity index (χ4v) is 3.10. The summed E-state index contributed by atoms with van der Waals surface area (Å²) in [6.45, 7) is 8.06. The molecule has 1 fully saturated rings. The highest BCUT2D eigenvalue weighted by molar-refractivity contribution is 5.90. The molecule has 0 bridgehead atoms. The molecule has 0 spiro atoms. The van der Waals surface area contributed by atoms with Gasteiger partial charge in [-0.2, -0.15) is 5.10 Å². The summed E-state index contributed by atoms with van der Waals surface area (Å²) in [4.78, 5) is 12.0. The number of rotatable bonds is 7. The Kier molecular flexibility index (Phi) is 6.89. The Labute approximate surface area is 139 Å². The number of carbonyl (C=O) groups excluding carboxylic acids is 1. The van der Waals surface area contributed by atoms with Crippen LogP contribution in [0.1, 0.15) is 56.8 Å². The topological polar surface area (TPSA) is 68.2 Å². The summed E-state index contributed by atoms with van der Waals surface area (Å²) in [5.74, 6) is 0. The van der Waals surface area contributed by atoms with Gasteiger partial charge < -0.3 is 15.4 Å². The maximum atomic E-state index is 12.0. The SMILES string of the molecule is CCn1nc(C)c(NC(=O)NCCCOC2CCCCC2)c1C. The lowest BCUT2D eigenvalue weighted by Gasteiger charge is -2.21. The van der Waals surface area contributed by atoms with E-state index < -0.39 is 0 Å². The summed E-state index contributed by atoms with van der Waals surface area (Å²) in [6, 6.07) is -0.176. The third kappa shape index (κ3) is 5.23. The molecule has 6 nitrogen and oxygen atoms in total. The minimum absolute atomic E-state index is 0.176. The van der Waals surface area contributed by atoms with E-state index >= 15 is 0 Å². The predicted octanol–water partition coefficient (Wildman–Crippen LogP) is 3.38. The summed E-state index contributed by atoms with van der Waals surface area (Å²) in [6.07, 6.45) is 7.57. The van der Waals surface area contributed by atoms with E-state index in [0.717, 1.165) is 36.6 Å². The monoisotopic (exact) mass is 322 g/mol. The normalized spacial score (nSPS) is 15.6. The molecule has 2 N–H and O–H groups in total. The molecule has 6 heteroatoms. The first-order chi connectivity index (χ1) is 11.1. The number of urea groups is 1. The van der Waals surface area contributed by atoms with Crippen molar-refractivity contribution in [3.63, 3.8) is 0 Å². The maximum absolute atomic E-state index is 12.0. The molecule has 1 aliphatic rings. The molecule has 1 heterocycles. The average Bonchev–Trinajstić information content (AvgIpc) is 2.83. The summed E-state index contributed by atoms with van der Waals surface area (Å²) < 4.78 is 7.75. The molecule has 0 radical (unpaired) electrons. The molecule has 130 valence electrons. The first-order valence-electron chi connectivity index (χ1n) is 8.82. The van der Waals surface area contributed by atoms with E-state index in [9.17, 15) is 4.79 Å². The quantitative estimate of drug-likeness (QED) is 0.756. The molecule has 0 aliphatic heterocycles. The Balaban J connectivity index is 1.64. The number of nitrogens with one attached hydrogen (secondary N) is 2. The average molecular weight is 322 g/mol. The van der Waals surface area contributed by atoms with Gasteiger partial charge in [0.1, 0.15) is 0 Å². The van der Waals surface area contributed by atoms with Crippen LogP contribution in [0.3, 0.4) is 0 Å². The van der Waals surface area contributed by atoms with Crippen molar-refractivity contribution in [1.29, 1.82) is 0 Å². The van der Waals surface area contributed by atoms with E-state index in [1.165, 1.54) is 32.1 Å². The van der Waals surface area contributed by atoms with Crippen LogP contribution in [-0.2, 0) is 11.3 Å². The van der Waals surface area contributed by atoms with Gasteiger partial charge in [-0.3, -0.25) is 4.68 Å². The standard InChI is InChI=1S/C17H30N4O2/c1-4-21-14(3)16(13(2)20-21)19-17(22)18-11-8-12-23-15-9-6-5-7-10-15/h15H,4-12H2,1-3H3,(H2,18,19,22). The number of anilines is 1.